The van der Waals surface area contributed by atoms with E-state index >= 15 is 0 Å². The van der Waals surface area contributed by atoms with Gasteiger partial charge in [-0.1, -0.05) is 6.07 Å². The van der Waals surface area contributed by atoms with Crippen molar-refractivity contribution in [2.45, 2.75) is 32.4 Å². The van der Waals surface area contributed by atoms with E-state index in [0.717, 1.165) is 11.4 Å². The van der Waals surface area contributed by atoms with Crippen LogP contribution in [0.25, 0.3) is 0 Å². The van der Waals surface area contributed by atoms with Gasteiger partial charge < -0.3 is 15.7 Å². The van der Waals surface area contributed by atoms with E-state index in [1.54, 1.807) is 20.0 Å². The summed E-state index contributed by atoms with van der Waals surface area (Å²) in [6.45, 7) is 6.02. The monoisotopic (exact) mass is 223 g/mol. The third-order valence-electron chi connectivity index (χ3n) is 2.31. The van der Waals surface area contributed by atoms with Crippen molar-refractivity contribution in [3.63, 3.8) is 0 Å². The molecule has 1 rings (SSSR count). The minimum absolute atomic E-state index is 0.00105. The van der Waals surface area contributed by atoms with Gasteiger partial charge in [0.2, 0.25) is 0 Å². The molecule has 1 aromatic rings. The average Bonchev–Trinajstić information content (AvgIpc) is 2.15. The number of aliphatic hydroxyl groups is 1. The largest absolute Gasteiger partial charge is 0.389 e. The maximum absolute atomic E-state index is 9.70. The van der Waals surface area contributed by atoms with Crippen LogP contribution in [0, 0.1) is 0 Å². The van der Waals surface area contributed by atoms with Gasteiger partial charge >= 0.3 is 0 Å². The van der Waals surface area contributed by atoms with Crippen molar-refractivity contribution in [2.24, 2.45) is 5.73 Å². The van der Waals surface area contributed by atoms with Gasteiger partial charge in [0.05, 0.1) is 5.60 Å². The molecule has 0 spiro atoms. The van der Waals surface area contributed by atoms with Gasteiger partial charge in [0.15, 0.2) is 0 Å². The second-order valence-corrected chi connectivity index (χ2v) is 4.91. The van der Waals surface area contributed by atoms with E-state index in [-0.39, 0.29) is 6.04 Å². The predicted molar refractivity (Wildman–Crippen MR) is 66.4 cm³/mol. The van der Waals surface area contributed by atoms with Crippen molar-refractivity contribution >= 4 is 5.82 Å². The molecular formula is C12H21N3O. The quantitative estimate of drug-likeness (QED) is 0.808. The molecule has 4 heteroatoms. The van der Waals surface area contributed by atoms with Gasteiger partial charge in [0.25, 0.3) is 0 Å². The van der Waals surface area contributed by atoms with Gasteiger partial charge in [-0.15, -0.1) is 0 Å². The molecular weight excluding hydrogens is 202 g/mol. The van der Waals surface area contributed by atoms with Crippen LogP contribution in [0.3, 0.4) is 0 Å². The predicted octanol–water partition coefficient (Wildman–Crippen LogP) is 1.31. The summed E-state index contributed by atoms with van der Waals surface area (Å²) < 4.78 is 0. The third kappa shape index (κ3) is 3.79. The molecule has 0 unspecified atom stereocenters. The van der Waals surface area contributed by atoms with E-state index in [1.165, 1.54) is 0 Å². The maximum Gasteiger partial charge on any atom is 0.128 e. The summed E-state index contributed by atoms with van der Waals surface area (Å²) in [7, 11) is 1.91. The molecule has 4 nitrogen and oxygen atoms in total. The van der Waals surface area contributed by atoms with E-state index in [4.69, 9.17) is 5.73 Å². The highest BCUT2D eigenvalue weighted by Crippen LogP contribution is 2.15. The zero-order valence-electron chi connectivity index (χ0n) is 10.4. The number of pyridine rings is 1. The molecule has 1 heterocycles. The lowest BCUT2D eigenvalue weighted by Gasteiger charge is -2.26. The summed E-state index contributed by atoms with van der Waals surface area (Å²) in [5.41, 5.74) is 6.04. The fourth-order valence-corrected chi connectivity index (χ4v) is 1.55. The number of nitrogens with two attached hydrogens (primary N) is 1. The Labute approximate surface area is 97.1 Å². The molecule has 0 saturated carbocycles. The number of hydrogen-bond acceptors (Lipinski definition) is 4. The molecule has 1 aromatic heterocycles. The molecule has 0 aromatic carbocycles. The molecule has 0 bridgehead atoms. The number of anilines is 1. The SMILES string of the molecule is C[C@H](N)c1ccc(N(C)CC(C)(C)O)nc1. The van der Waals surface area contributed by atoms with Crippen LogP contribution in [0.2, 0.25) is 0 Å². The van der Waals surface area contributed by atoms with Crippen LogP contribution in [0.15, 0.2) is 18.3 Å². The fourth-order valence-electron chi connectivity index (χ4n) is 1.55. The second kappa shape index (κ2) is 4.80. The van der Waals surface area contributed by atoms with Gasteiger partial charge in [-0.05, 0) is 32.4 Å². The normalized spacial score (nSPS) is 13.6. The molecule has 0 aliphatic carbocycles. The zero-order valence-corrected chi connectivity index (χ0v) is 10.4. The lowest BCUT2D eigenvalue weighted by molar-refractivity contribution is 0.0884. The number of likely N-dealkylation sites (N-methyl/N-ethyl adjacent to an activating group) is 1. The summed E-state index contributed by atoms with van der Waals surface area (Å²) >= 11 is 0. The summed E-state index contributed by atoms with van der Waals surface area (Å²) in [6, 6.07) is 3.89. The standard InChI is InChI=1S/C12H21N3O/c1-9(13)10-5-6-11(14-7-10)15(4)8-12(2,3)16/h5-7,9,16H,8,13H2,1-4H3/t9-/m0/s1. The average molecular weight is 223 g/mol. The topological polar surface area (TPSA) is 62.4 Å². The molecule has 0 aliphatic rings. The summed E-state index contributed by atoms with van der Waals surface area (Å²) in [5.74, 6) is 0.839. The first kappa shape index (κ1) is 12.9. The molecule has 0 fully saturated rings. The Hall–Kier alpha value is -1.13. The smallest absolute Gasteiger partial charge is 0.128 e. The third-order valence-corrected chi connectivity index (χ3v) is 2.31. The Balaban J connectivity index is 2.74. The van der Waals surface area contributed by atoms with Crippen molar-refractivity contribution in [2.75, 3.05) is 18.5 Å². The molecule has 0 saturated heterocycles. The first-order chi connectivity index (χ1) is 7.29. The highest BCUT2D eigenvalue weighted by molar-refractivity contribution is 5.39. The van der Waals surface area contributed by atoms with Crippen LogP contribution in [0.4, 0.5) is 5.82 Å². The molecule has 0 amide bonds. The maximum atomic E-state index is 9.70. The van der Waals surface area contributed by atoms with Gasteiger partial charge in [-0.2, -0.15) is 0 Å². The summed E-state index contributed by atoms with van der Waals surface area (Å²) in [5, 5.41) is 9.70. The molecule has 90 valence electrons. The second-order valence-electron chi connectivity index (χ2n) is 4.91. The van der Waals surface area contributed by atoms with Crippen molar-refractivity contribution < 1.29 is 5.11 Å². The van der Waals surface area contributed by atoms with Crippen molar-refractivity contribution in [3.8, 4) is 0 Å². The number of rotatable bonds is 4. The van der Waals surface area contributed by atoms with E-state index in [2.05, 4.69) is 4.98 Å². The Morgan fingerprint density at radius 1 is 1.50 bits per heavy atom. The van der Waals surface area contributed by atoms with Gasteiger partial charge in [-0.3, -0.25) is 0 Å². The highest BCUT2D eigenvalue weighted by atomic mass is 16.3. The Kier molecular flexibility index (Phi) is 3.88. The number of nitrogens with zero attached hydrogens (tertiary/aromatic N) is 2. The van der Waals surface area contributed by atoms with Gasteiger partial charge in [0, 0.05) is 25.8 Å². The Bertz CT molecular complexity index is 327. The van der Waals surface area contributed by atoms with Crippen LogP contribution in [-0.2, 0) is 0 Å². The molecule has 0 radical (unpaired) electrons. The van der Waals surface area contributed by atoms with Crippen LogP contribution < -0.4 is 10.6 Å². The van der Waals surface area contributed by atoms with E-state index < -0.39 is 5.60 Å². The molecule has 0 aliphatic heterocycles. The highest BCUT2D eigenvalue weighted by Gasteiger charge is 2.16. The minimum atomic E-state index is -0.726. The number of aromatic nitrogens is 1. The van der Waals surface area contributed by atoms with Crippen LogP contribution in [-0.4, -0.2) is 29.3 Å². The van der Waals surface area contributed by atoms with Crippen molar-refractivity contribution in [3.05, 3.63) is 23.9 Å². The Morgan fingerprint density at radius 3 is 2.50 bits per heavy atom. The lowest BCUT2D eigenvalue weighted by Crippen LogP contribution is -2.36. The number of hydrogen-bond donors (Lipinski definition) is 2. The van der Waals surface area contributed by atoms with E-state index in [9.17, 15) is 5.11 Å². The minimum Gasteiger partial charge on any atom is -0.389 e. The molecule has 3 N–H and O–H groups in total. The van der Waals surface area contributed by atoms with Crippen molar-refractivity contribution in [1.82, 2.24) is 4.98 Å². The fraction of sp³-hybridized carbons (Fsp3) is 0.583. The van der Waals surface area contributed by atoms with Gasteiger partial charge in [-0.25, -0.2) is 4.98 Å². The van der Waals surface area contributed by atoms with Gasteiger partial charge in [0.1, 0.15) is 5.82 Å². The van der Waals surface area contributed by atoms with Crippen molar-refractivity contribution in [1.29, 1.82) is 0 Å². The molecule has 1 atom stereocenters. The first-order valence-electron chi connectivity index (χ1n) is 5.44. The summed E-state index contributed by atoms with van der Waals surface area (Å²) in [4.78, 5) is 6.24. The van der Waals surface area contributed by atoms with Crippen LogP contribution >= 0.6 is 0 Å². The Morgan fingerprint density at radius 2 is 2.12 bits per heavy atom. The van der Waals surface area contributed by atoms with Crippen LogP contribution in [0.1, 0.15) is 32.4 Å². The van der Waals surface area contributed by atoms with E-state index in [0.29, 0.717) is 6.54 Å². The first-order valence-corrected chi connectivity index (χ1v) is 5.44. The van der Waals surface area contributed by atoms with Crippen LogP contribution in [0.5, 0.6) is 0 Å². The van der Waals surface area contributed by atoms with E-state index in [1.807, 2.05) is 31.0 Å². The summed E-state index contributed by atoms with van der Waals surface area (Å²) in [6.07, 6.45) is 1.78. The molecule has 16 heavy (non-hydrogen) atoms. The lowest BCUT2D eigenvalue weighted by atomic mass is 10.1. The zero-order chi connectivity index (χ0) is 12.3.